The van der Waals surface area contributed by atoms with E-state index in [2.05, 4.69) is 10.0 Å². The third kappa shape index (κ3) is 5.35. The lowest BCUT2D eigenvalue weighted by Crippen LogP contribution is -2.21. The number of hydrogen-bond donors (Lipinski definition) is 2. The molecule has 0 fully saturated rings. The maximum atomic E-state index is 12.7. The molecule has 170 valence electrons. The summed E-state index contributed by atoms with van der Waals surface area (Å²) in [6.07, 6.45) is 0. The number of aryl methyl sites for hydroxylation is 2. The zero-order valence-corrected chi connectivity index (χ0v) is 19.6. The lowest BCUT2D eigenvalue weighted by molar-refractivity contribution is 0.162. The summed E-state index contributed by atoms with van der Waals surface area (Å²) < 4.78 is 45.2. The molecule has 1 aliphatic heterocycles. The third-order valence-corrected chi connectivity index (χ3v) is 7.46. The van der Waals surface area contributed by atoms with Gasteiger partial charge in [0.15, 0.2) is 11.5 Å². The van der Waals surface area contributed by atoms with Crippen LogP contribution in [0.15, 0.2) is 53.4 Å². The topological polar surface area (TPSA) is 85.9 Å². The van der Waals surface area contributed by atoms with E-state index in [4.69, 9.17) is 14.2 Å². The molecule has 9 heteroatoms. The number of benzene rings is 2. The first-order valence-corrected chi connectivity index (χ1v) is 12.6. The Labute approximate surface area is 192 Å². The molecule has 0 unspecified atom stereocenters. The van der Waals surface area contributed by atoms with Gasteiger partial charge in [-0.3, -0.25) is 4.72 Å². The molecule has 0 aliphatic carbocycles. The van der Waals surface area contributed by atoms with Crippen LogP contribution in [0, 0.1) is 13.8 Å². The summed E-state index contributed by atoms with van der Waals surface area (Å²) in [6, 6.07) is 14.7. The second kappa shape index (κ2) is 9.81. The highest BCUT2D eigenvalue weighted by Crippen LogP contribution is 2.38. The molecule has 32 heavy (non-hydrogen) atoms. The number of rotatable bonds is 9. The van der Waals surface area contributed by atoms with Gasteiger partial charge in [-0.25, -0.2) is 8.42 Å². The lowest BCUT2D eigenvalue weighted by atomic mass is 10.2. The van der Waals surface area contributed by atoms with Crippen molar-refractivity contribution in [2.75, 3.05) is 31.1 Å². The maximum Gasteiger partial charge on any atom is 0.262 e. The first-order valence-electron chi connectivity index (χ1n) is 10.3. The first-order chi connectivity index (χ1) is 15.4. The van der Waals surface area contributed by atoms with Gasteiger partial charge >= 0.3 is 0 Å². The van der Waals surface area contributed by atoms with Gasteiger partial charge in [-0.1, -0.05) is 18.2 Å². The van der Waals surface area contributed by atoms with Crippen LogP contribution < -0.4 is 24.2 Å². The number of para-hydroxylation sites is 1. The van der Waals surface area contributed by atoms with Crippen molar-refractivity contribution in [3.63, 3.8) is 0 Å². The van der Waals surface area contributed by atoms with E-state index in [0.717, 1.165) is 15.3 Å². The highest BCUT2D eigenvalue weighted by Gasteiger charge is 2.19. The van der Waals surface area contributed by atoms with Crippen molar-refractivity contribution in [1.29, 1.82) is 0 Å². The molecular weight excluding hydrogens is 448 g/mol. The van der Waals surface area contributed by atoms with E-state index in [9.17, 15) is 8.42 Å². The largest absolute Gasteiger partial charge is 0.488 e. The molecule has 7 nitrogen and oxygen atoms in total. The van der Waals surface area contributed by atoms with E-state index < -0.39 is 10.0 Å². The van der Waals surface area contributed by atoms with Gasteiger partial charge in [0.1, 0.15) is 24.7 Å². The average Bonchev–Trinajstić information content (AvgIpc) is 3.12. The van der Waals surface area contributed by atoms with Gasteiger partial charge in [-0.15, -0.1) is 11.3 Å². The summed E-state index contributed by atoms with van der Waals surface area (Å²) >= 11 is 1.48. The van der Waals surface area contributed by atoms with E-state index in [0.29, 0.717) is 60.7 Å². The minimum atomic E-state index is -3.61. The quantitative estimate of drug-likeness (QED) is 0.454. The Bertz CT molecular complexity index is 1190. The van der Waals surface area contributed by atoms with E-state index in [1.807, 2.05) is 50.2 Å². The summed E-state index contributed by atoms with van der Waals surface area (Å²) in [7, 11) is -3.61. The smallest absolute Gasteiger partial charge is 0.262 e. The van der Waals surface area contributed by atoms with Gasteiger partial charge in [0.05, 0.1) is 0 Å². The van der Waals surface area contributed by atoms with Crippen LogP contribution in [0.3, 0.4) is 0 Å². The molecule has 0 radical (unpaired) electrons. The van der Waals surface area contributed by atoms with Crippen LogP contribution in [0.4, 0.5) is 5.69 Å². The Hall–Kier alpha value is -2.75. The summed E-state index contributed by atoms with van der Waals surface area (Å²) in [5.74, 6) is 2.02. The number of thiophene rings is 1. The second-order valence-corrected chi connectivity index (χ2v) is 10.5. The van der Waals surface area contributed by atoms with E-state index in [1.54, 1.807) is 12.1 Å². The molecule has 0 saturated carbocycles. The summed E-state index contributed by atoms with van der Waals surface area (Å²) in [5, 5.41) is 3.31. The first kappa shape index (κ1) is 22.4. The van der Waals surface area contributed by atoms with Crippen LogP contribution in [-0.2, 0) is 16.6 Å². The Morgan fingerprint density at radius 3 is 2.69 bits per heavy atom. The van der Waals surface area contributed by atoms with Gasteiger partial charge < -0.3 is 19.5 Å². The van der Waals surface area contributed by atoms with Crippen molar-refractivity contribution >= 4 is 27.0 Å². The molecule has 0 amide bonds. The van der Waals surface area contributed by atoms with Crippen LogP contribution in [0.1, 0.15) is 15.3 Å². The van der Waals surface area contributed by atoms with Crippen LogP contribution in [0.25, 0.3) is 0 Å². The van der Waals surface area contributed by atoms with Crippen LogP contribution >= 0.6 is 11.3 Å². The van der Waals surface area contributed by atoms with Crippen LogP contribution in [0.2, 0.25) is 0 Å². The number of nitrogens with one attached hydrogen (secondary N) is 2. The van der Waals surface area contributed by atoms with Crippen molar-refractivity contribution < 1.29 is 22.6 Å². The summed E-state index contributed by atoms with van der Waals surface area (Å²) in [5.41, 5.74) is 1.51. The summed E-state index contributed by atoms with van der Waals surface area (Å²) in [6.45, 7) is 6.44. The minimum absolute atomic E-state index is 0.332. The second-order valence-electron chi connectivity index (χ2n) is 7.39. The van der Waals surface area contributed by atoms with E-state index in [1.165, 1.54) is 11.3 Å². The van der Waals surface area contributed by atoms with Crippen molar-refractivity contribution in [3.05, 3.63) is 63.8 Å². The maximum absolute atomic E-state index is 12.7. The number of anilines is 1. The molecule has 2 heterocycles. The van der Waals surface area contributed by atoms with E-state index in [-0.39, 0.29) is 0 Å². The molecule has 1 aromatic heterocycles. The fourth-order valence-electron chi connectivity index (χ4n) is 3.46. The Balaban J connectivity index is 1.29. The Morgan fingerprint density at radius 1 is 1.06 bits per heavy atom. The molecule has 0 bridgehead atoms. The zero-order valence-electron chi connectivity index (χ0n) is 18.0. The van der Waals surface area contributed by atoms with Gasteiger partial charge in [-0.2, -0.15) is 0 Å². The lowest BCUT2D eigenvalue weighted by Gasteiger charge is -2.20. The molecule has 0 spiro atoms. The monoisotopic (exact) mass is 474 g/mol. The highest BCUT2D eigenvalue weighted by atomic mass is 32.2. The number of fused-ring (bicyclic) bond motifs is 1. The number of hydrogen-bond acceptors (Lipinski definition) is 7. The molecule has 2 aromatic carbocycles. The fraction of sp³-hybridized carbons (Fsp3) is 0.304. The summed E-state index contributed by atoms with van der Waals surface area (Å²) in [4.78, 5) is 2.08. The normalized spacial score (nSPS) is 13.1. The van der Waals surface area contributed by atoms with Gasteiger partial charge in [0, 0.05) is 28.5 Å². The van der Waals surface area contributed by atoms with Crippen molar-refractivity contribution in [2.24, 2.45) is 0 Å². The molecule has 4 rings (SSSR count). The SMILES string of the molecule is Cc1cc(S(=O)(=O)Nc2cccc(CNCCOc3cccc4c3OCCO4)c2)c(C)s1. The predicted molar refractivity (Wildman–Crippen MR) is 126 cm³/mol. The van der Waals surface area contributed by atoms with Crippen LogP contribution in [-0.4, -0.2) is 34.8 Å². The third-order valence-electron chi connectivity index (χ3n) is 4.86. The molecule has 2 N–H and O–H groups in total. The number of sulfonamides is 1. The predicted octanol–water partition coefficient (Wildman–Crippen LogP) is 4.11. The standard InChI is InChI=1S/C23H26N2O5S2/c1-16-13-22(17(2)31-16)32(26,27)25-19-6-3-5-18(14-19)15-24-9-10-28-20-7-4-8-21-23(20)30-12-11-29-21/h3-8,13-14,24-25H,9-12,15H2,1-2H3. The van der Waals surface area contributed by atoms with Crippen molar-refractivity contribution in [1.82, 2.24) is 5.32 Å². The molecular formula is C23H26N2O5S2. The van der Waals surface area contributed by atoms with Crippen LogP contribution in [0.5, 0.6) is 17.2 Å². The molecule has 3 aromatic rings. The van der Waals surface area contributed by atoms with Gasteiger partial charge in [0.2, 0.25) is 5.75 Å². The zero-order chi connectivity index (χ0) is 22.6. The highest BCUT2D eigenvalue weighted by molar-refractivity contribution is 7.93. The van der Waals surface area contributed by atoms with E-state index >= 15 is 0 Å². The van der Waals surface area contributed by atoms with Gasteiger partial charge in [0.25, 0.3) is 10.0 Å². The van der Waals surface area contributed by atoms with Crippen molar-refractivity contribution in [2.45, 2.75) is 25.3 Å². The Kier molecular flexibility index (Phi) is 6.88. The minimum Gasteiger partial charge on any atom is -0.488 e. The molecule has 0 saturated heterocycles. The fourth-order valence-corrected chi connectivity index (χ4v) is 6.06. The average molecular weight is 475 g/mol. The molecule has 0 atom stereocenters. The Morgan fingerprint density at radius 2 is 1.88 bits per heavy atom. The number of ether oxygens (including phenoxy) is 3. The van der Waals surface area contributed by atoms with Crippen molar-refractivity contribution in [3.8, 4) is 17.2 Å². The molecule has 1 aliphatic rings. The van der Waals surface area contributed by atoms with Gasteiger partial charge in [-0.05, 0) is 49.7 Å².